The van der Waals surface area contributed by atoms with Crippen molar-refractivity contribution in [3.05, 3.63) is 11.8 Å². The summed E-state index contributed by atoms with van der Waals surface area (Å²) in [4.78, 5) is 12.5. The second-order valence-electron chi connectivity index (χ2n) is 3.60. The lowest BCUT2D eigenvalue weighted by Crippen LogP contribution is -2.03. The molecule has 2 heteroatoms. The molecule has 0 rings (SSSR count). The molecule has 0 aliphatic rings. The van der Waals surface area contributed by atoms with Gasteiger partial charge >= 0.3 is 0 Å². The first-order chi connectivity index (χ1) is 6.20. The summed E-state index contributed by atoms with van der Waals surface area (Å²) in [6.45, 7) is 2.19. The summed E-state index contributed by atoms with van der Waals surface area (Å²) in [5, 5.41) is 0. The summed E-state index contributed by atoms with van der Waals surface area (Å²) in [7, 11) is 3.88. The van der Waals surface area contributed by atoms with Crippen LogP contribution in [0.3, 0.4) is 0 Å². The largest absolute Gasteiger partial charge is 0.383 e. The van der Waals surface area contributed by atoms with E-state index in [-0.39, 0.29) is 0 Å². The van der Waals surface area contributed by atoms with Crippen LogP contribution in [0.5, 0.6) is 0 Å². The molecule has 0 heterocycles. The summed E-state index contributed by atoms with van der Waals surface area (Å²) in [6.07, 6.45) is 8.66. The Bertz CT molecular complexity index is 161. The lowest BCUT2D eigenvalue weighted by Gasteiger charge is -2.06. The highest BCUT2D eigenvalue weighted by molar-refractivity contribution is 5.72. The topological polar surface area (TPSA) is 20.3 Å². The highest BCUT2D eigenvalue weighted by Gasteiger charge is 1.95. The molecule has 0 spiro atoms. The molecule has 0 saturated carbocycles. The molecule has 13 heavy (non-hydrogen) atoms. The first kappa shape index (κ1) is 12.2. The second-order valence-corrected chi connectivity index (χ2v) is 3.60. The van der Waals surface area contributed by atoms with Crippen molar-refractivity contribution in [2.45, 2.75) is 39.0 Å². The molecule has 0 amide bonds. The van der Waals surface area contributed by atoms with Gasteiger partial charge in [0.15, 0.2) is 0 Å². The van der Waals surface area contributed by atoms with E-state index in [1.165, 1.54) is 19.3 Å². The molecule has 0 fully saturated rings. The van der Waals surface area contributed by atoms with Crippen LogP contribution in [0.4, 0.5) is 0 Å². The van der Waals surface area contributed by atoms with Crippen LogP contribution >= 0.6 is 0 Å². The van der Waals surface area contributed by atoms with Crippen molar-refractivity contribution in [1.29, 1.82) is 0 Å². The van der Waals surface area contributed by atoms with Crippen LogP contribution in [0.1, 0.15) is 39.0 Å². The highest BCUT2D eigenvalue weighted by atomic mass is 16.1. The number of carbonyl (C=O) groups is 1. The van der Waals surface area contributed by atoms with Crippen LogP contribution < -0.4 is 0 Å². The van der Waals surface area contributed by atoms with Crippen LogP contribution in [0, 0.1) is 0 Å². The number of rotatable bonds is 7. The first-order valence-corrected chi connectivity index (χ1v) is 5.03. The van der Waals surface area contributed by atoms with Gasteiger partial charge in [0.05, 0.1) is 0 Å². The Morgan fingerprint density at radius 3 is 2.38 bits per heavy atom. The average Bonchev–Trinajstić information content (AvgIpc) is 2.09. The van der Waals surface area contributed by atoms with Crippen LogP contribution in [0.2, 0.25) is 0 Å². The van der Waals surface area contributed by atoms with E-state index in [1.54, 1.807) is 0 Å². The maximum absolute atomic E-state index is 10.6. The van der Waals surface area contributed by atoms with Gasteiger partial charge in [0, 0.05) is 25.9 Å². The van der Waals surface area contributed by atoms with Gasteiger partial charge in [-0.3, -0.25) is 4.79 Å². The normalized spacial score (nSPS) is 11.5. The number of aldehydes is 1. The fourth-order valence-electron chi connectivity index (χ4n) is 1.24. The van der Waals surface area contributed by atoms with Crippen molar-refractivity contribution in [3.63, 3.8) is 0 Å². The Hall–Kier alpha value is -0.790. The predicted octanol–water partition coefficient (Wildman–Crippen LogP) is 2.60. The summed E-state index contributed by atoms with van der Waals surface area (Å²) in [5.41, 5.74) is 0.904. The molecule has 0 aromatic rings. The first-order valence-electron chi connectivity index (χ1n) is 5.03. The van der Waals surface area contributed by atoms with E-state index in [0.717, 1.165) is 24.7 Å². The third-order valence-electron chi connectivity index (χ3n) is 1.89. The van der Waals surface area contributed by atoms with Crippen molar-refractivity contribution in [2.24, 2.45) is 0 Å². The van der Waals surface area contributed by atoms with E-state index in [2.05, 4.69) is 6.92 Å². The Kier molecular flexibility index (Phi) is 7.36. The van der Waals surface area contributed by atoms with Crippen molar-refractivity contribution in [1.82, 2.24) is 4.90 Å². The summed E-state index contributed by atoms with van der Waals surface area (Å²) in [6, 6.07) is 0. The number of hydrogen-bond acceptors (Lipinski definition) is 2. The van der Waals surface area contributed by atoms with E-state index in [1.807, 2.05) is 25.2 Å². The maximum atomic E-state index is 10.6. The monoisotopic (exact) mass is 183 g/mol. The van der Waals surface area contributed by atoms with Gasteiger partial charge in [-0.25, -0.2) is 0 Å². The SMILES string of the molecule is CCCCCCC(C=O)=CN(C)C. The van der Waals surface area contributed by atoms with E-state index in [4.69, 9.17) is 0 Å². The Labute approximate surface area is 81.6 Å². The van der Waals surface area contributed by atoms with Crippen LogP contribution in [0.15, 0.2) is 11.8 Å². The number of hydrogen-bond donors (Lipinski definition) is 0. The fourth-order valence-corrected chi connectivity index (χ4v) is 1.24. The Morgan fingerprint density at radius 1 is 1.23 bits per heavy atom. The molecule has 0 aliphatic heterocycles. The lowest BCUT2D eigenvalue weighted by molar-refractivity contribution is -0.105. The zero-order valence-corrected chi connectivity index (χ0v) is 9.05. The smallest absolute Gasteiger partial charge is 0.147 e. The lowest BCUT2D eigenvalue weighted by atomic mass is 10.1. The molecule has 0 saturated heterocycles. The maximum Gasteiger partial charge on any atom is 0.147 e. The van der Waals surface area contributed by atoms with E-state index in [9.17, 15) is 4.79 Å². The van der Waals surface area contributed by atoms with Crippen molar-refractivity contribution < 1.29 is 4.79 Å². The van der Waals surface area contributed by atoms with Crippen molar-refractivity contribution >= 4 is 6.29 Å². The zero-order valence-electron chi connectivity index (χ0n) is 9.05. The molecule has 0 aliphatic carbocycles. The van der Waals surface area contributed by atoms with Crippen LogP contribution in [-0.4, -0.2) is 25.3 Å². The summed E-state index contributed by atoms with van der Waals surface area (Å²) < 4.78 is 0. The molecule has 0 aromatic heterocycles. The van der Waals surface area contributed by atoms with Gasteiger partial charge in [0.2, 0.25) is 0 Å². The molecule has 76 valence electrons. The van der Waals surface area contributed by atoms with Crippen LogP contribution in [-0.2, 0) is 4.79 Å². The average molecular weight is 183 g/mol. The highest BCUT2D eigenvalue weighted by Crippen LogP contribution is 2.08. The van der Waals surface area contributed by atoms with Gasteiger partial charge in [-0.2, -0.15) is 0 Å². The number of nitrogens with zero attached hydrogens (tertiary/aromatic N) is 1. The van der Waals surface area contributed by atoms with Crippen molar-refractivity contribution in [2.75, 3.05) is 14.1 Å². The molecule has 0 atom stereocenters. The minimum atomic E-state index is 0.904. The third kappa shape index (κ3) is 7.57. The van der Waals surface area contributed by atoms with Crippen molar-refractivity contribution in [3.8, 4) is 0 Å². The molecule has 0 bridgehead atoms. The Morgan fingerprint density at radius 2 is 1.92 bits per heavy atom. The third-order valence-corrected chi connectivity index (χ3v) is 1.89. The van der Waals surface area contributed by atoms with Crippen LogP contribution in [0.25, 0.3) is 0 Å². The van der Waals surface area contributed by atoms with Gasteiger partial charge < -0.3 is 4.90 Å². The van der Waals surface area contributed by atoms with Gasteiger partial charge in [0.1, 0.15) is 6.29 Å². The number of unbranched alkanes of at least 4 members (excludes halogenated alkanes) is 3. The molecule has 0 radical (unpaired) electrons. The van der Waals surface area contributed by atoms with E-state index >= 15 is 0 Å². The molecule has 0 unspecified atom stereocenters. The standard InChI is InChI=1S/C11H21NO/c1-4-5-6-7-8-11(10-13)9-12(2)3/h9-10H,4-8H2,1-3H3. The van der Waals surface area contributed by atoms with Gasteiger partial charge in [-0.05, 0) is 12.8 Å². The minimum Gasteiger partial charge on any atom is -0.383 e. The van der Waals surface area contributed by atoms with Gasteiger partial charge in [0.25, 0.3) is 0 Å². The molecular formula is C11H21NO. The minimum absolute atomic E-state index is 0.904. The summed E-state index contributed by atoms with van der Waals surface area (Å²) >= 11 is 0. The molecule has 0 aromatic carbocycles. The van der Waals surface area contributed by atoms with E-state index < -0.39 is 0 Å². The number of carbonyl (C=O) groups excluding carboxylic acids is 1. The fraction of sp³-hybridized carbons (Fsp3) is 0.727. The quantitative estimate of drug-likeness (QED) is 0.343. The second kappa shape index (κ2) is 7.84. The molecule has 2 nitrogen and oxygen atoms in total. The molecule has 0 N–H and O–H groups in total. The number of allylic oxidation sites excluding steroid dienone is 1. The summed E-state index contributed by atoms with van der Waals surface area (Å²) in [5.74, 6) is 0. The zero-order chi connectivity index (χ0) is 10.1. The van der Waals surface area contributed by atoms with E-state index in [0.29, 0.717) is 0 Å². The molecular weight excluding hydrogens is 162 g/mol. The predicted molar refractivity (Wildman–Crippen MR) is 56.6 cm³/mol. The Balaban J connectivity index is 3.66. The van der Waals surface area contributed by atoms with Gasteiger partial charge in [-0.1, -0.05) is 26.2 Å². The van der Waals surface area contributed by atoms with Gasteiger partial charge in [-0.15, -0.1) is 0 Å².